The van der Waals surface area contributed by atoms with Gasteiger partial charge in [0.05, 0.1) is 6.04 Å². The van der Waals surface area contributed by atoms with Crippen LogP contribution in [-0.4, -0.2) is 43.2 Å². The maximum absolute atomic E-state index is 12.5. The standard InChI is InChI=1S/C17H32N2O2.ClH/c1-13(2)3-4-14-5-9-19(10-6-14)17(20)16(18)15-7-11-21-12-8-15;/h13-16H,3-12,18H2,1-2H3;1H. The molecule has 0 spiro atoms. The largest absolute Gasteiger partial charge is 0.381 e. The number of hydrogen-bond donors (Lipinski definition) is 1. The van der Waals surface area contributed by atoms with E-state index >= 15 is 0 Å². The fraction of sp³-hybridized carbons (Fsp3) is 0.941. The Morgan fingerprint density at radius 1 is 1.18 bits per heavy atom. The maximum Gasteiger partial charge on any atom is 0.239 e. The number of hydrogen-bond acceptors (Lipinski definition) is 3. The first-order valence-corrected chi connectivity index (χ1v) is 8.70. The molecule has 1 amide bonds. The summed E-state index contributed by atoms with van der Waals surface area (Å²) in [6.07, 6.45) is 6.78. The molecule has 2 aliphatic rings. The highest BCUT2D eigenvalue weighted by Crippen LogP contribution is 2.25. The third-order valence-corrected chi connectivity index (χ3v) is 5.14. The lowest BCUT2D eigenvalue weighted by molar-refractivity contribution is -0.136. The Kier molecular flexibility index (Phi) is 8.73. The number of carbonyl (C=O) groups excluding carboxylic acids is 1. The highest BCUT2D eigenvalue weighted by atomic mass is 35.5. The molecule has 1 unspecified atom stereocenters. The van der Waals surface area contributed by atoms with Crippen molar-refractivity contribution >= 4 is 18.3 Å². The fourth-order valence-electron chi connectivity index (χ4n) is 3.50. The van der Waals surface area contributed by atoms with Crippen LogP contribution < -0.4 is 5.73 Å². The molecule has 5 heteroatoms. The van der Waals surface area contributed by atoms with Crippen LogP contribution in [-0.2, 0) is 9.53 Å². The molecule has 130 valence electrons. The van der Waals surface area contributed by atoms with Gasteiger partial charge < -0.3 is 15.4 Å². The van der Waals surface area contributed by atoms with E-state index in [1.807, 2.05) is 4.90 Å². The van der Waals surface area contributed by atoms with Crippen molar-refractivity contribution < 1.29 is 9.53 Å². The van der Waals surface area contributed by atoms with Gasteiger partial charge in [-0.2, -0.15) is 0 Å². The van der Waals surface area contributed by atoms with Crippen molar-refractivity contribution in [2.24, 2.45) is 23.5 Å². The van der Waals surface area contributed by atoms with E-state index in [1.54, 1.807) is 0 Å². The smallest absolute Gasteiger partial charge is 0.239 e. The number of likely N-dealkylation sites (tertiary alicyclic amines) is 1. The Morgan fingerprint density at radius 2 is 1.77 bits per heavy atom. The predicted octanol–water partition coefficient (Wildman–Crippen LogP) is 2.84. The van der Waals surface area contributed by atoms with E-state index in [0.717, 1.165) is 63.8 Å². The van der Waals surface area contributed by atoms with Gasteiger partial charge in [0.25, 0.3) is 0 Å². The highest BCUT2D eigenvalue weighted by Gasteiger charge is 2.31. The summed E-state index contributed by atoms with van der Waals surface area (Å²) in [7, 11) is 0. The summed E-state index contributed by atoms with van der Waals surface area (Å²) in [5.41, 5.74) is 6.21. The Hall–Kier alpha value is -0.320. The van der Waals surface area contributed by atoms with Gasteiger partial charge in [-0.05, 0) is 43.4 Å². The van der Waals surface area contributed by atoms with Crippen LogP contribution >= 0.6 is 12.4 Å². The van der Waals surface area contributed by atoms with Gasteiger partial charge in [-0.15, -0.1) is 12.4 Å². The first kappa shape index (κ1) is 19.7. The number of carbonyl (C=O) groups is 1. The van der Waals surface area contributed by atoms with Crippen LogP contribution in [0.5, 0.6) is 0 Å². The van der Waals surface area contributed by atoms with E-state index in [9.17, 15) is 4.79 Å². The second-order valence-electron chi connectivity index (χ2n) is 7.22. The molecule has 2 fully saturated rings. The maximum atomic E-state index is 12.5. The van der Waals surface area contributed by atoms with Crippen molar-refractivity contribution in [2.75, 3.05) is 26.3 Å². The molecule has 0 radical (unpaired) electrons. The van der Waals surface area contributed by atoms with Crippen molar-refractivity contribution in [1.29, 1.82) is 0 Å². The van der Waals surface area contributed by atoms with Gasteiger partial charge in [0.1, 0.15) is 0 Å². The summed E-state index contributed by atoms with van der Waals surface area (Å²) in [4.78, 5) is 14.5. The molecule has 2 N–H and O–H groups in total. The summed E-state index contributed by atoms with van der Waals surface area (Å²) in [6.45, 7) is 7.88. The number of piperidine rings is 1. The second kappa shape index (κ2) is 9.74. The molecule has 2 saturated heterocycles. The lowest BCUT2D eigenvalue weighted by Crippen LogP contribution is -2.51. The zero-order valence-corrected chi connectivity index (χ0v) is 14.9. The van der Waals surface area contributed by atoms with Gasteiger partial charge in [-0.1, -0.05) is 26.7 Å². The molecule has 4 nitrogen and oxygen atoms in total. The summed E-state index contributed by atoms with van der Waals surface area (Å²) in [5.74, 6) is 2.07. The quantitative estimate of drug-likeness (QED) is 0.842. The van der Waals surface area contributed by atoms with Gasteiger partial charge in [0, 0.05) is 26.3 Å². The minimum atomic E-state index is -0.318. The lowest BCUT2D eigenvalue weighted by Gasteiger charge is -2.36. The summed E-state index contributed by atoms with van der Waals surface area (Å²) in [5, 5.41) is 0. The van der Waals surface area contributed by atoms with Crippen LogP contribution in [0.15, 0.2) is 0 Å². The van der Waals surface area contributed by atoms with E-state index in [1.165, 1.54) is 12.8 Å². The van der Waals surface area contributed by atoms with Crippen molar-refractivity contribution in [3.05, 3.63) is 0 Å². The molecule has 2 heterocycles. The molecule has 0 saturated carbocycles. The van der Waals surface area contributed by atoms with Crippen LogP contribution in [0.4, 0.5) is 0 Å². The SMILES string of the molecule is CC(C)CCC1CCN(C(=O)C(N)C2CCOCC2)CC1.Cl. The Balaban J connectivity index is 0.00000242. The second-order valence-corrected chi connectivity index (χ2v) is 7.22. The molecule has 0 bridgehead atoms. The number of ether oxygens (including phenoxy) is 1. The summed E-state index contributed by atoms with van der Waals surface area (Å²) < 4.78 is 5.35. The van der Waals surface area contributed by atoms with Crippen molar-refractivity contribution in [3.8, 4) is 0 Å². The van der Waals surface area contributed by atoms with Crippen LogP contribution in [0.25, 0.3) is 0 Å². The molecule has 2 rings (SSSR count). The minimum absolute atomic E-state index is 0. The van der Waals surface area contributed by atoms with Gasteiger partial charge in [0.2, 0.25) is 5.91 Å². The molecular formula is C17H33ClN2O2. The lowest BCUT2D eigenvalue weighted by atomic mass is 9.88. The van der Waals surface area contributed by atoms with Crippen molar-refractivity contribution in [2.45, 2.75) is 58.4 Å². The minimum Gasteiger partial charge on any atom is -0.381 e. The Bertz CT molecular complexity index is 325. The zero-order chi connectivity index (χ0) is 15.2. The summed E-state index contributed by atoms with van der Waals surface area (Å²) in [6, 6.07) is -0.318. The number of nitrogens with two attached hydrogens (primary N) is 1. The fourth-order valence-corrected chi connectivity index (χ4v) is 3.50. The van der Waals surface area contributed by atoms with Gasteiger partial charge >= 0.3 is 0 Å². The first-order valence-electron chi connectivity index (χ1n) is 8.70. The van der Waals surface area contributed by atoms with Crippen molar-refractivity contribution in [1.82, 2.24) is 4.90 Å². The topological polar surface area (TPSA) is 55.6 Å². The van der Waals surface area contributed by atoms with Crippen LogP contribution in [0.1, 0.15) is 52.4 Å². The number of halogens is 1. The Morgan fingerprint density at radius 3 is 2.32 bits per heavy atom. The molecule has 0 aliphatic carbocycles. The predicted molar refractivity (Wildman–Crippen MR) is 92.1 cm³/mol. The van der Waals surface area contributed by atoms with E-state index < -0.39 is 0 Å². The third kappa shape index (κ3) is 5.71. The molecule has 2 aliphatic heterocycles. The van der Waals surface area contributed by atoms with Crippen molar-refractivity contribution in [3.63, 3.8) is 0 Å². The van der Waals surface area contributed by atoms with E-state index in [2.05, 4.69) is 13.8 Å². The number of nitrogens with zero attached hydrogens (tertiary/aromatic N) is 1. The van der Waals surface area contributed by atoms with Gasteiger partial charge in [-0.25, -0.2) is 0 Å². The molecule has 22 heavy (non-hydrogen) atoms. The van der Waals surface area contributed by atoms with E-state index in [4.69, 9.17) is 10.5 Å². The Labute approximate surface area is 141 Å². The molecule has 0 aromatic carbocycles. The normalized spacial score (nSPS) is 22.5. The molecular weight excluding hydrogens is 300 g/mol. The van der Waals surface area contributed by atoms with E-state index in [0.29, 0.717) is 5.92 Å². The highest BCUT2D eigenvalue weighted by molar-refractivity contribution is 5.85. The summed E-state index contributed by atoms with van der Waals surface area (Å²) >= 11 is 0. The zero-order valence-electron chi connectivity index (χ0n) is 14.1. The number of amides is 1. The third-order valence-electron chi connectivity index (χ3n) is 5.14. The molecule has 0 aromatic rings. The first-order chi connectivity index (χ1) is 10.1. The van der Waals surface area contributed by atoms with Gasteiger partial charge in [-0.3, -0.25) is 4.79 Å². The van der Waals surface area contributed by atoms with Crippen LogP contribution in [0, 0.1) is 17.8 Å². The molecule has 1 atom stereocenters. The van der Waals surface area contributed by atoms with Crippen LogP contribution in [0.2, 0.25) is 0 Å². The molecule has 0 aromatic heterocycles. The number of rotatable bonds is 5. The monoisotopic (exact) mass is 332 g/mol. The van der Waals surface area contributed by atoms with Gasteiger partial charge in [0.15, 0.2) is 0 Å². The van der Waals surface area contributed by atoms with E-state index in [-0.39, 0.29) is 24.4 Å². The van der Waals surface area contributed by atoms with Crippen LogP contribution in [0.3, 0.4) is 0 Å². The average Bonchev–Trinajstić information content (AvgIpc) is 2.53. The average molecular weight is 333 g/mol.